The Morgan fingerprint density at radius 3 is 2.27 bits per heavy atom. The zero-order chi connectivity index (χ0) is 23.8. The Morgan fingerprint density at radius 1 is 1.03 bits per heavy atom. The number of benzene rings is 2. The molecule has 1 unspecified atom stereocenters. The molecule has 0 aliphatic carbocycles. The van der Waals surface area contributed by atoms with Crippen molar-refractivity contribution in [3.63, 3.8) is 0 Å². The fourth-order valence-corrected chi connectivity index (χ4v) is 3.65. The van der Waals surface area contributed by atoms with Crippen molar-refractivity contribution in [2.45, 2.75) is 12.4 Å². The highest BCUT2D eigenvalue weighted by Crippen LogP contribution is 2.42. The van der Waals surface area contributed by atoms with Crippen LogP contribution in [0.15, 0.2) is 78.6 Å². The van der Waals surface area contributed by atoms with Gasteiger partial charge in [-0.05, 0) is 60.2 Å². The van der Waals surface area contributed by atoms with Gasteiger partial charge in [0, 0.05) is 28.7 Å². The number of carbonyl (C=O) groups is 2. The number of carbonyl (C=O) groups excluding carboxylic acids is 2. The first-order valence-electron chi connectivity index (χ1n) is 9.48. The Morgan fingerprint density at radius 2 is 1.70 bits per heavy atom. The molecule has 1 aliphatic rings. The number of hydrogen-bond donors (Lipinski definition) is 1. The number of aliphatic hydroxyl groups is 1. The Bertz CT molecular complexity index is 1230. The molecule has 0 bridgehead atoms. The molecule has 1 aliphatic heterocycles. The van der Waals surface area contributed by atoms with Crippen molar-refractivity contribution < 1.29 is 32.6 Å². The lowest BCUT2D eigenvalue weighted by Crippen LogP contribution is -2.29. The van der Waals surface area contributed by atoms with Crippen LogP contribution in [0.3, 0.4) is 0 Å². The van der Waals surface area contributed by atoms with Gasteiger partial charge in [-0.1, -0.05) is 17.7 Å². The molecule has 1 amide bonds. The number of ether oxygens (including phenoxy) is 1. The second-order valence-electron chi connectivity index (χ2n) is 7.00. The van der Waals surface area contributed by atoms with Gasteiger partial charge in [-0.3, -0.25) is 19.5 Å². The maximum absolute atomic E-state index is 13.0. The summed E-state index contributed by atoms with van der Waals surface area (Å²) in [5.41, 5.74) is 0.629. The largest absolute Gasteiger partial charge is 0.573 e. The predicted molar refractivity (Wildman–Crippen MR) is 114 cm³/mol. The molecule has 1 saturated heterocycles. The zero-order valence-corrected chi connectivity index (χ0v) is 17.3. The van der Waals surface area contributed by atoms with Crippen LogP contribution in [0, 0.1) is 0 Å². The Hall–Kier alpha value is -3.85. The lowest BCUT2D eigenvalue weighted by atomic mass is 9.96. The van der Waals surface area contributed by atoms with E-state index in [0.29, 0.717) is 10.6 Å². The van der Waals surface area contributed by atoms with Gasteiger partial charge < -0.3 is 9.84 Å². The van der Waals surface area contributed by atoms with Crippen molar-refractivity contribution in [1.82, 2.24) is 4.98 Å². The van der Waals surface area contributed by atoms with Crippen LogP contribution in [0.1, 0.15) is 17.2 Å². The maximum atomic E-state index is 13.0. The standard InChI is InChI=1S/C23H14ClF3N2O4/c24-15-5-3-13(4-6-15)20(30)18-19(14-2-1-11-28-12-14)29(22(32)21(18)31)16-7-9-17(10-8-16)33-23(25,26)27/h1-12,19,30H/b20-18-. The number of aliphatic hydroxyl groups excluding tert-OH is 1. The summed E-state index contributed by atoms with van der Waals surface area (Å²) < 4.78 is 41.3. The maximum Gasteiger partial charge on any atom is 0.573 e. The number of hydrogen-bond acceptors (Lipinski definition) is 5. The van der Waals surface area contributed by atoms with Crippen LogP contribution >= 0.6 is 11.6 Å². The van der Waals surface area contributed by atoms with Crippen LogP contribution in [-0.4, -0.2) is 28.1 Å². The normalized spacial score (nSPS) is 17.9. The molecular formula is C23H14ClF3N2O4. The zero-order valence-electron chi connectivity index (χ0n) is 16.6. The highest BCUT2D eigenvalue weighted by Gasteiger charge is 2.47. The number of anilines is 1. The summed E-state index contributed by atoms with van der Waals surface area (Å²) in [7, 11) is 0. The van der Waals surface area contributed by atoms with E-state index in [0.717, 1.165) is 17.0 Å². The Labute approximate surface area is 190 Å². The highest BCUT2D eigenvalue weighted by atomic mass is 35.5. The molecule has 0 spiro atoms. The number of Topliss-reactive ketones (excluding diaryl/α,β-unsaturated/α-hetero) is 1. The monoisotopic (exact) mass is 474 g/mol. The first kappa shape index (κ1) is 22.3. The molecule has 1 aromatic heterocycles. The molecule has 1 atom stereocenters. The number of ketones is 1. The summed E-state index contributed by atoms with van der Waals surface area (Å²) >= 11 is 5.89. The molecule has 168 valence electrons. The topological polar surface area (TPSA) is 79.7 Å². The molecule has 4 rings (SSSR count). The number of pyridine rings is 1. The van der Waals surface area contributed by atoms with Gasteiger partial charge in [-0.2, -0.15) is 0 Å². The van der Waals surface area contributed by atoms with Gasteiger partial charge in [0.2, 0.25) is 0 Å². The van der Waals surface area contributed by atoms with Crippen LogP contribution in [0.25, 0.3) is 5.76 Å². The summed E-state index contributed by atoms with van der Waals surface area (Å²) in [6.07, 6.45) is -1.95. The first-order valence-corrected chi connectivity index (χ1v) is 9.86. The fourth-order valence-electron chi connectivity index (χ4n) is 3.52. The van der Waals surface area contributed by atoms with E-state index in [-0.39, 0.29) is 16.8 Å². The molecule has 3 aromatic rings. The van der Waals surface area contributed by atoms with Crippen molar-refractivity contribution in [2.75, 3.05) is 4.90 Å². The number of alkyl halides is 3. The van der Waals surface area contributed by atoms with Crippen LogP contribution in [-0.2, 0) is 9.59 Å². The molecule has 6 nitrogen and oxygen atoms in total. The molecule has 0 radical (unpaired) electrons. The molecule has 2 heterocycles. The number of aromatic nitrogens is 1. The van der Waals surface area contributed by atoms with E-state index in [1.807, 2.05) is 0 Å². The lowest BCUT2D eigenvalue weighted by Gasteiger charge is -2.25. The van der Waals surface area contributed by atoms with Gasteiger partial charge in [-0.15, -0.1) is 13.2 Å². The summed E-state index contributed by atoms with van der Waals surface area (Å²) in [5, 5.41) is 11.4. The second kappa shape index (κ2) is 8.59. The summed E-state index contributed by atoms with van der Waals surface area (Å²) in [6, 6.07) is 12.7. The van der Waals surface area contributed by atoms with Crippen molar-refractivity contribution >= 4 is 34.7 Å². The first-order chi connectivity index (χ1) is 15.7. The molecule has 1 N–H and O–H groups in total. The van der Waals surface area contributed by atoms with E-state index in [1.54, 1.807) is 12.1 Å². The fraction of sp³-hybridized carbons (Fsp3) is 0.0870. The second-order valence-corrected chi connectivity index (χ2v) is 7.44. The minimum Gasteiger partial charge on any atom is -0.507 e. The highest BCUT2D eigenvalue weighted by molar-refractivity contribution is 6.51. The van der Waals surface area contributed by atoms with E-state index in [2.05, 4.69) is 9.72 Å². The smallest absolute Gasteiger partial charge is 0.507 e. The Kier molecular flexibility index (Phi) is 5.82. The summed E-state index contributed by atoms with van der Waals surface area (Å²) in [6.45, 7) is 0. The van der Waals surface area contributed by atoms with Crippen molar-refractivity contribution in [1.29, 1.82) is 0 Å². The lowest BCUT2D eigenvalue weighted by molar-refractivity contribution is -0.274. The van der Waals surface area contributed by atoms with Crippen LogP contribution in [0.2, 0.25) is 5.02 Å². The molecule has 1 fully saturated rings. The van der Waals surface area contributed by atoms with Crippen molar-refractivity contribution in [2.24, 2.45) is 0 Å². The molecule has 33 heavy (non-hydrogen) atoms. The average molecular weight is 475 g/mol. The van der Waals surface area contributed by atoms with Crippen molar-refractivity contribution in [3.8, 4) is 5.75 Å². The minimum atomic E-state index is -4.88. The average Bonchev–Trinajstić information content (AvgIpc) is 3.04. The molecular weight excluding hydrogens is 461 g/mol. The minimum absolute atomic E-state index is 0.135. The van der Waals surface area contributed by atoms with Crippen LogP contribution in [0.4, 0.5) is 18.9 Å². The van der Waals surface area contributed by atoms with Crippen LogP contribution < -0.4 is 9.64 Å². The van der Waals surface area contributed by atoms with E-state index >= 15 is 0 Å². The molecule has 0 saturated carbocycles. The van der Waals surface area contributed by atoms with Gasteiger partial charge in [-0.25, -0.2) is 0 Å². The SMILES string of the molecule is O=C1C(=O)N(c2ccc(OC(F)(F)F)cc2)C(c2cccnc2)/C1=C(/O)c1ccc(Cl)cc1. The Balaban J connectivity index is 1.83. The van der Waals surface area contributed by atoms with Crippen molar-refractivity contribution in [3.05, 3.63) is 94.8 Å². The van der Waals surface area contributed by atoms with E-state index in [1.165, 1.54) is 48.8 Å². The third-order valence-electron chi connectivity index (χ3n) is 4.91. The molecule has 2 aromatic carbocycles. The van der Waals surface area contributed by atoms with Gasteiger partial charge in [0.05, 0.1) is 11.6 Å². The third-order valence-corrected chi connectivity index (χ3v) is 5.16. The quantitative estimate of drug-likeness (QED) is 0.317. The van der Waals surface area contributed by atoms with E-state index < -0.39 is 35.6 Å². The number of amides is 1. The van der Waals surface area contributed by atoms with Gasteiger partial charge >= 0.3 is 6.36 Å². The van der Waals surface area contributed by atoms with E-state index in [9.17, 15) is 27.9 Å². The summed E-state index contributed by atoms with van der Waals surface area (Å²) in [5.74, 6) is -2.81. The van der Waals surface area contributed by atoms with Crippen LogP contribution in [0.5, 0.6) is 5.75 Å². The number of nitrogens with zero attached hydrogens (tertiary/aromatic N) is 2. The van der Waals surface area contributed by atoms with Gasteiger partial charge in [0.25, 0.3) is 11.7 Å². The van der Waals surface area contributed by atoms with Gasteiger partial charge in [0.15, 0.2) is 0 Å². The number of rotatable bonds is 4. The number of halogens is 4. The predicted octanol–water partition coefficient (Wildman–Crippen LogP) is 5.26. The van der Waals surface area contributed by atoms with E-state index in [4.69, 9.17) is 11.6 Å². The molecule has 10 heteroatoms. The third kappa shape index (κ3) is 4.54. The summed E-state index contributed by atoms with van der Waals surface area (Å²) in [4.78, 5) is 31.1. The van der Waals surface area contributed by atoms with Gasteiger partial charge in [0.1, 0.15) is 11.5 Å².